The number of ether oxygens (including phenoxy) is 4. The second-order valence-corrected chi connectivity index (χ2v) is 3.03. The molecule has 0 saturated carbocycles. The van der Waals surface area contributed by atoms with E-state index in [4.69, 9.17) is 9.47 Å². The predicted octanol–water partition coefficient (Wildman–Crippen LogP) is 0.350. The van der Waals surface area contributed by atoms with Crippen LogP contribution in [0.2, 0.25) is 0 Å². The van der Waals surface area contributed by atoms with Gasteiger partial charge in [0, 0.05) is 14.2 Å². The lowest BCUT2D eigenvalue weighted by atomic mass is 10.4. The highest BCUT2D eigenvalue weighted by atomic mass is 16.7. The number of rotatable bonds is 6. The molecule has 0 heterocycles. The van der Waals surface area contributed by atoms with Crippen LogP contribution in [0.3, 0.4) is 0 Å². The normalized spacial score (nSPS) is 10.4. The van der Waals surface area contributed by atoms with E-state index >= 15 is 0 Å². The molecule has 8 nitrogen and oxygen atoms in total. The maximum absolute atomic E-state index is 10.6. The molecule has 112 valence electrons. The summed E-state index contributed by atoms with van der Waals surface area (Å²) in [6, 6.07) is 0. The highest BCUT2D eigenvalue weighted by Crippen LogP contribution is 1.98. The molecule has 0 unspecified atom stereocenters. The summed E-state index contributed by atoms with van der Waals surface area (Å²) < 4.78 is 18.2. The van der Waals surface area contributed by atoms with Gasteiger partial charge in [0.25, 0.3) is 0 Å². The van der Waals surface area contributed by atoms with E-state index in [1.807, 2.05) is 0 Å². The van der Waals surface area contributed by atoms with E-state index in [2.05, 4.69) is 19.5 Å². The molecule has 19 heavy (non-hydrogen) atoms. The van der Waals surface area contributed by atoms with E-state index in [1.54, 1.807) is 0 Å². The first kappa shape index (κ1) is 19.7. The summed E-state index contributed by atoms with van der Waals surface area (Å²) in [6.45, 7) is 1.51. The third-order valence-electron chi connectivity index (χ3n) is 1.80. The average Bonchev–Trinajstić information content (AvgIpc) is 2.44. The Morgan fingerprint density at radius 1 is 1.00 bits per heavy atom. The SMILES string of the molecule is CO/N=C(\C)C(=O)OC.COC(=O)CC(OC)OC. The summed E-state index contributed by atoms with van der Waals surface area (Å²) in [5.41, 5.74) is 0.208. The minimum atomic E-state index is -0.493. The third-order valence-corrected chi connectivity index (χ3v) is 1.80. The highest BCUT2D eigenvalue weighted by molar-refractivity contribution is 6.35. The lowest BCUT2D eigenvalue weighted by Crippen LogP contribution is -2.18. The molecule has 0 saturated heterocycles. The molecule has 0 radical (unpaired) electrons. The quantitative estimate of drug-likeness (QED) is 0.300. The molecule has 0 amide bonds. The molecule has 0 aliphatic carbocycles. The monoisotopic (exact) mass is 279 g/mol. The Labute approximate surface area is 112 Å². The van der Waals surface area contributed by atoms with Crippen molar-refractivity contribution < 1.29 is 33.4 Å². The fourth-order valence-corrected chi connectivity index (χ4v) is 0.804. The number of carbonyl (C=O) groups is 2. The van der Waals surface area contributed by atoms with Crippen molar-refractivity contribution in [2.45, 2.75) is 19.6 Å². The van der Waals surface area contributed by atoms with E-state index in [1.165, 1.54) is 42.5 Å². The molecule has 8 heteroatoms. The van der Waals surface area contributed by atoms with Crippen LogP contribution in [0.25, 0.3) is 0 Å². The van der Waals surface area contributed by atoms with Crippen LogP contribution in [-0.2, 0) is 33.4 Å². The molecule has 0 aromatic carbocycles. The number of methoxy groups -OCH3 is 4. The summed E-state index contributed by atoms with van der Waals surface area (Å²) >= 11 is 0. The van der Waals surface area contributed by atoms with Crippen molar-refractivity contribution in [2.75, 3.05) is 35.5 Å². The van der Waals surface area contributed by atoms with Crippen molar-refractivity contribution in [1.82, 2.24) is 0 Å². The van der Waals surface area contributed by atoms with Crippen LogP contribution in [0, 0.1) is 0 Å². The molecular weight excluding hydrogens is 258 g/mol. The summed E-state index contributed by atoms with van der Waals surface area (Å²) in [5, 5.41) is 3.34. The molecule has 0 aliphatic heterocycles. The van der Waals surface area contributed by atoms with E-state index in [-0.39, 0.29) is 18.1 Å². The Bertz CT molecular complexity index is 287. The first-order chi connectivity index (χ1) is 8.96. The average molecular weight is 279 g/mol. The van der Waals surface area contributed by atoms with Crippen molar-refractivity contribution in [3.63, 3.8) is 0 Å². The van der Waals surface area contributed by atoms with E-state index in [9.17, 15) is 9.59 Å². The second kappa shape index (κ2) is 12.8. The van der Waals surface area contributed by atoms with Gasteiger partial charge in [-0.15, -0.1) is 0 Å². The van der Waals surface area contributed by atoms with Crippen molar-refractivity contribution in [3.8, 4) is 0 Å². The van der Waals surface area contributed by atoms with Gasteiger partial charge < -0.3 is 23.8 Å². The number of nitrogens with zero attached hydrogens (tertiary/aromatic N) is 1. The van der Waals surface area contributed by atoms with Gasteiger partial charge in [-0.2, -0.15) is 0 Å². The minimum Gasteiger partial charge on any atom is -0.469 e. The van der Waals surface area contributed by atoms with Gasteiger partial charge in [-0.25, -0.2) is 4.79 Å². The Balaban J connectivity index is 0. The van der Waals surface area contributed by atoms with Crippen LogP contribution in [0.15, 0.2) is 5.16 Å². The molecule has 0 spiro atoms. The lowest BCUT2D eigenvalue weighted by molar-refractivity contribution is -0.156. The van der Waals surface area contributed by atoms with Gasteiger partial charge >= 0.3 is 11.9 Å². The van der Waals surface area contributed by atoms with E-state index in [0.717, 1.165) is 0 Å². The first-order valence-corrected chi connectivity index (χ1v) is 5.25. The zero-order valence-electron chi connectivity index (χ0n) is 12.1. The van der Waals surface area contributed by atoms with Gasteiger partial charge in [-0.3, -0.25) is 4.79 Å². The highest BCUT2D eigenvalue weighted by Gasteiger charge is 2.10. The topological polar surface area (TPSA) is 92.7 Å². The van der Waals surface area contributed by atoms with Gasteiger partial charge in [-0.1, -0.05) is 5.16 Å². The Morgan fingerprint density at radius 3 is 1.84 bits per heavy atom. The van der Waals surface area contributed by atoms with Crippen molar-refractivity contribution in [3.05, 3.63) is 0 Å². The molecule has 0 aromatic heterocycles. The fraction of sp³-hybridized carbons (Fsp3) is 0.727. The third kappa shape index (κ3) is 11.2. The smallest absolute Gasteiger partial charge is 0.355 e. The maximum Gasteiger partial charge on any atom is 0.355 e. The van der Waals surface area contributed by atoms with E-state index in [0.29, 0.717) is 0 Å². The van der Waals surface area contributed by atoms with Gasteiger partial charge in [0.15, 0.2) is 12.0 Å². The zero-order valence-corrected chi connectivity index (χ0v) is 12.1. The maximum atomic E-state index is 10.6. The zero-order chi connectivity index (χ0) is 15.3. The first-order valence-electron chi connectivity index (χ1n) is 5.25. The molecular formula is C11H21NO7. The van der Waals surface area contributed by atoms with Gasteiger partial charge in [0.1, 0.15) is 7.11 Å². The van der Waals surface area contributed by atoms with Crippen molar-refractivity contribution in [2.24, 2.45) is 5.16 Å². The van der Waals surface area contributed by atoms with Gasteiger partial charge in [0.2, 0.25) is 0 Å². The van der Waals surface area contributed by atoms with Crippen LogP contribution in [-0.4, -0.2) is 59.5 Å². The molecule has 0 N–H and O–H groups in total. The van der Waals surface area contributed by atoms with Crippen molar-refractivity contribution in [1.29, 1.82) is 0 Å². The van der Waals surface area contributed by atoms with Crippen molar-refractivity contribution >= 4 is 17.7 Å². The fourth-order valence-electron chi connectivity index (χ4n) is 0.804. The Hall–Kier alpha value is -1.67. The summed E-state index contributed by atoms with van der Waals surface area (Å²) in [5.74, 6) is -0.814. The summed E-state index contributed by atoms with van der Waals surface area (Å²) in [6.07, 6.45) is -0.365. The molecule has 0 atom stereocenters. The molecule has 0 aromatic rings. The number of esters is 2. The molecule has 0 aliphatic rings. The Kier molecular flexibility index (Phi) is 13.2. The molecule has 0 bridgehead atoms. The van der Waals surface area contributed by atoms with Crippen LogP contribution in [0.4, 0.5) is 0 Å². The molecule has 0 fully saturated rings. The van der Waals surface area contributed by atoms with Crippen LogP contribution >= 0.6 is 0 Å². The second-order valence-electron chi connectivity index (χ2n) is 3.03. The number of oxime groups is 1. The summed E-state index contributed by atoms with van der Waals surface area (Å²) in [7, 11) is 6.92. The minimum absolute atomic E-state index is 0.128. The largest absolute Gasteiger partial charge is 0.469 e. The molecule has 0 rings (SSSR count). The predicted molar refractivity (Wildman–Crippen MR) is 66.6 cm³/mol. The van der Waals surface area contributed by atoms with Crippen LogP contribution < -0.4 is 0 Å². The van der Waals surface area contributed by atoms with Crippen LogP contribution in [0.1, 0.15) is 13.3 Å². The van der Waals surface area contributed by atoms with Crippen LogP contribution in [0.5, 0.6) is 0 Å². The summed E-state index contributed by atoms with van der Waals surface area (Å²) in [4.78, 5) is 25.3. The lowest BCUT2D eigenvalue weighted by Gasteiger charge is -2.10. The van der Waals surface area contributed by atoms with Gasteiger partial charge in [0.05, 0.1) is 20.6 Å². The van der Waals surface area contributed by atoms with E-state index < -0.39 is 12.3 Å². The Morgan fingerprint density at radius 2 is 1.53 bits per heavy atom. The number of carbonyl (C=O) groups excluding carboxylic acids is 2. The standard InChI is InChI=1S/C6H12O4.C5H9NO3/c1-8-5(7)4-6(9-2)10-3;1-4(6-9-3)5(7)8-2/h6H,4H2,1-3H3;1-3H3/b;6-4+. The number of hydrogen-bond acceptors (Lipinski definition) is 8. The number of hydrogen-bond donors (Lipinski definition) is 0. The van der Waals surface area contributed by atoms with Gasteiger partial charge in [-0.05, 0) is 6.92 Å².